The normalized spacial score (nSPS) is 13.7. The Morgan fingerprint density at radius 2 is 1.82 bits per heavy atom. The Kier molecular flexibility index (Phi) is 5.54. The summed E-state index contributed by atoms with van der Waals surface area (Å²) in [5, 5.41) is 2.55. The van der Waals surface area contributed by atoms with Crippen LogP contribution in [0.3, 0.4) is 0 Å². The third kappa shape index (κ3) is 5.19. The highest BCUT2D eigenvalue weighted by atomic mass is 79.9. The topological polar surface area (TPSA) is 38.3 Å². The average Bonchev–Trinajstić information content (AvgIpc) is 2.27. The summed E-state index contributed by atoms with van der Waals surface area (Å²) >= 11 is 3.08. The van der Waals surface area contributed by atoms with E-state index < -0.39 is 29.5 Å². The molecule has 1 aromatic carbocycles. The number of carbonyl (C=O) groups excluding carboxylic acids is 1. The fourth-order valence-electron chi connectivity index (χ4n) is 2.01. The Hall–Kier alpha value is -1.24. The molecule has 124 valence electrons. The van der Waals surface area contributed by atoms with Crippen LogP contribution in [-0.4, -0.2) is 11.7 Å². The number of ether oxygens (including phenoxy) is 1. The van der Waals surface area contributed by atoms with Crippen molar-refractivity contribution < 1.29 is 22.7 Å². The number of rotatable bonds is 2. The number of alkyl halides is 3. The molecule has 0 aliphatic rings. The van der Waals surface area contributed by atoms with E-state index >= 15 is 0 Å². The van der Waals surface area contributed by atoms with E-state index in [1.807, 2.05) is 0 Å². The van der Waals surface area contributed by atoms with Crippen molar-refractivity contribution in [2.45, 2.75) is 52.4 Å². The van der Waals surface area contributed by atoms with E-state index in [-0.39, 0.29) is 5.56 Å². The first-order valence-electron chi connectivity index (χ1n) is 6.68. The molecule has 1 rings (SSSR count). The van der Waals surface area contributed by atoms with Crippen LogP contribution in [0.4, 0.5) is 18.0 Å². The van der Waals surface area contributed by atoms with Crippen LogP contribution in [0.1, 0.15) is 50.4 Å². The zero-order chi connectivity index (χ0) is 17.3. The third-order valence-corrected chi connectivity index (χ3v) is 3.38. The minimum Gasteiger partial charge on any atom is -0.444 e. The molecule has 0 spiro atoms. The Morgan fingerprint density at radius 1 is 1.27 bits per heavy atom. The quantitative estimate of drug-likeness (QED) is 0.748. The Balaban J connectivity index is 3.06. The number of halogens is 4. The summed E-state index contributed by atoms with van der Waals surface area (Å²) in [4.78, 5) is 11.8. The van der Waals surface area contributed by atoms with Crippen molar-refractivity contribution in [3.63, 3.8) is 0 Å². The van der Waals surface area contributed by atoms with Crippen molar-refractivity contribution in [1.82, 2.24) is 5.32 Å². The molecule has 0 saturated carbocycles. The maximum atomic E-state index is 13.0. The van der Waals surface area contributed by atoms with Crippen LogP contribution in [0.15, 0.2) is 16.6 Å². The van der Waals surface area contributed by atoms with Crippen molar-refractivity contribution in [1.29, 1.82) is 0 Å². The first-order valence-corrected chi connectivity index (χ1v) is 7.47. The van der Waals surface area contributed by atoms with Gasteiger partial charge in [-0.15, -0.1) is 0 Å². The van der Waals surface area contributed by atoms with Gasteiger partial charge in [-0.2, -0.15) is 13.2 Å². The van der Waals surface area contributed by atoms with Crippen LogP contribution in [0.25, 0.3) is 0 Å². The zero-order valence-corrected chi connectivity index (χ0v) is 14.6. The standard InChI is InChI=1S/C15H19BrF3NO2/c1-8-11(6-10(16)7-12(8)15(17,18)19)9(2)20-13(21)22-14(3,4)5/h6-7,9H,1-5H3,(H,20,21)/t9-/m1/s1. The van der Waals surface area contributed by atoms with Crippen LogP contribution in [-0.2, 0) is 10.9 Å². The summed E-state index contributed by atoms with van der Waals surface area (Å²) in [7, 11) is 0. The first-order chi connectivity index (χ1) is 9.81. The van der Waals surface area contributed by atoms with Gasteiger partial charge in [0, 0.05) is 4.47 Å². The Morgan fingerprint density at radius 3 is 2.27 bits per heavy atom. The lowest BCUT2D eigenvalue weighted by Crippen LogP contribution is -2.34. The van der Waals surface area contributed by atoms with Crippen molar-refractivity contribution >= 4 is 22.0 Å². The molecule has 22 heavy (non-hydrogen) atoms. The SMILES string of the molecule is Cc1c([C@@H](C)NC(=O)OC(C)(C)C)cc(Br)cc1C(F)(F)F. The van der Waals surface area contributed by atoms with E-state index in [9.17, 15) is 18.0 Å². The van der Waals surface area contributed by atoms with Crippen LogP contribution >= 0.6 is 15.9 Å². The number of hydrogen-bond donors (Lipinski definition) is 1. The maximum Gasteiger partial charge on any atom is 0.416 e. The monoisotopic (exact) mass is 381 g/mol. The van der Waals surface area contributed by atoms with Gasteiger partial charge in [0.1, 0.15) is 5.60 Å². The van der Waals surface area contributed by atoms with Gasteiger partial charge in [0.25, 0.3) is 0 Å². The second-order valence-corrected chi connectivity index (χ2v) is 6.95. The summed E-state index contributed by atoms with van der Waals surface area (Å²) in [6, 6.07) is 1.97. The van der Waals surface area contributed by atoms with Crippen LogP contribution < -0.4 is 5.32 Å². The van der Waals surface area contributed by atoms with Crippen molar-refractivity contribution in [2.24, 2.45) is 0 Å². The van der Waals surface area contributed by atoms with Gasteiger partial charge in [0.15, 0.2) is 0 Å². The van der Waals surface area contributed by atoms with Gasteiger partial charge in [0.05, 0.1) is 11.6 Å². The molecular formula is C15H19BrF3NO2. The van der Waals surface area contributed by atoms with E-state index in [0.29, 0.717) is 10.0 Å². The molecule has 0 radical (unpaired) electrons. The van der Waals surface area contributed by atoms with Gasteiger partial charge in [-0.3, -0.25) is 0 Å². The Bertz CT molecular complexity index is 565. The third-order valence-electron chi connectivity index (χ3n) is 2.92. The number of nitrogens with one attached hydrogen (secondary N) is 1. The van der Waals surface area contributed by atoms with E-state index in [1.165, 1.54) is 6.92 Å². The molecule has 0 saturated heterocycles. The summed E-state index contributed by atoms with van der Waals surface area (Å²) in [5.74, 6) is 0. The second kappa shape index (κ2) is 6.48. The van der Waals surface area contributed by atoms with Gasteiger partial charge in [-0.1, -0.05) is 15.9 Å². The van der Waals surface area contributed by atoms with Crippen molar-refractivity contribution in [3.05, 3.63) is 33.3 Å². The molecule has 1 amide bonds. The van der Waals surface area contributed by atoms with Gasteiger partial charge in [-0.05, 0) is 57.9 Å². The largest absolute Gasteiger partial charge is 0.444 e. The average molecular weight is 382 g/mol. The molecule has 1 atom stereocenters. The van der Waals surface area contributed by atoms with Gasteiger partial charge in [0.2, 0.25) is 0 Å². The highest BCUT2D eigenvalue weighted by Gasteiger charge is 2.34. The molecule has 0 aliphatic heterocycles. The summed E-state index contributed by atoms with van der Waals surface area (Å²) in [5.41, 5.74) is -0.936. The molecule has 0 heterocycles. The number of hydrogen-bond acceptors (Lipinski definition) is 2. The van der Waals surface area contributed by atoms with Crippen molar-refractivity contribution in [3.8, 4) is 0 Å². The fourth-order valence-corrected chi connectivity index (χ4v) is 2.48. The number of amides is 1. The molecular weight excluding hydrogens is 363 g/mol. The van der Waals surface area contributed by atoms with E-state index in [1.54, 1.807) is 33.8 Å². The lowest BCUT2D eigenvalue weighted by atomic mass is 9.97. The summed E-state index contributed by atoms with van der Waals surface area (Å²) in [6.07, 6.45) is -5.12. The summed E-state index contributed by atoms with van der Waals surface area (Å²) < 4.78 is 44.5. The molecule has 0 bridgehead atoms. The summed E-state index contributed by atoms with van der Waals surface area (Å²) in [6.45, 7) is 8.13. The fraction of sp³-hybridized carbons (Fsp3) is 0.533. The van der Waals surface area contributed by atoms with E-state index in [4.69, 9.17) is 4.74 Å². The number of carbonyl (C=O) groups is 1. The minimum absolute atomic E-state index is 0.0826. The van der Waals surface area contributed by atoms with Crippen LogP contribution in [0.2, 0.25) is 0 Å². The smallest absolute Gasteiger partial charge is 0.416 e. The molecule has 3 nitrogen and oxygen atoms in total. The Labute approximate surface area is 136 Å². The first kappa shape index (κ1) is 18.8. The zero-order valence-electron chi connectivity index (χ0n) is 13.1. The lowest BCUT2D eigenvalue weighted by Gasteiger charge is -2.24. The van der Waals surface area contributed by atoms with Gasteiger partial charge >= 0.3 is 12.3 Å². The predicted octanol–water partition coefficient (Wildman–Crippen LogP) is 5.36. The molecule has 0 unspecified atom stereocenters. The second-order valence-electron chi connectivity index (χ2n) is 6.03. The van der Waals surface area contributed by atoms with Gasteiger partial charge in [-0.25, -0.2) is 4.79 Å². The molecule has 0 aromatic heterocycles. The van der Waals surface area contributed by atoms with E-state index in [2.05, 4.69) is 21.2 Å². The molecule has 1 N–H and O–H groups in total. The van der Waals surface area contributed by atoms with Crippen LogP contribution in [0, 0.1) is 6.92 Å². The van der Waals surface area contributed by atoms with Gasteiger partial charge < -0.3 is 10.1 Å². The molecule has 1 aromatic rings. The lowest BCUT2D eigenvalue weighted by molar-refractivity contribution is -0.138. The minimum atomic E-state index is -4.45. The maximum absolute atomic E-state index is 13.0. The molecule has 0 aliphatic carbocycles. The highest BCUT2D eigenvalue weighted by molar-refractivity contribution is 9.10. The molecule has 7 heteroatoms. The van der Waals surface area contributed by atoms with Crippen molar-refractivity contribution in [2.75, 3.05) is 0 Å². The highest BCUT2D eigenvalue weighted by Crippen LogP contribution is 2.36. The molecule has 0 fully saturated rings. The predicted molar refractivity (Wildman–Crippen MR) is 81.7 cm³/mol. The number of benzene rings is 1. The van der Waals surface area contributed by atoms with Crippen LogP contribution in [0.5, 0.6) is 0 Å². The van der Waals surface area contributed by atoms with E-state index in [0.717, 1.165) is 6.07 Å². The number of alkyl carbamates (subject to hydrolysis) is 1.